The van der Waals surface area contributed by atoms with E-state index in [2.05, 4.69) is 12.1 Å². The summed E-state index contributed by atoms with van der Waals surface area (Å²) in [6.45, 7) is 0. The molecule has 0 radical (unpaired) electrons. The van der Waals surface area contributed by atoms with Gasteiger partial charge in [0.2, 0.25) is 0 Å². The maximum atomic E-state index is 12.3. The van der Waals surface area contributed by atoms with Crippen molar-refractivity contribution in [3.63, 3.8) is 0 Å². The van der Waals surface area contributed by atoms with Crippen LogP contribution in [0.3, 0.4) is 0 Å². The van der Waals surface area contributed by atoms with Gasteiger partial charge in [-0.1, -0.05) is 0 Å². The van der Waals surface area contributed by atoms with Gasteiger partial charge >= 0.3 is 114 Å². The van der Waals surface area contributed by atoms with Crippen LogP contribution in [0.15, 0.2) is 30.3 Å². The van der Waals surface area contributed by atoms with Gasteiger partial charge in [-0.05, 0) is 0 Å². The molecule has 2 saturated carbocycles. The number of carbonyl (C=O) groups excluding carboxylic acids is 1. The van der Waals surface area contributed by atoms with Gasteiger partial charge in [0.1, 0.15) is 0 Å². The molecule has 0 aromatic heterocycles. The zero-order chi connectivity index (χ0) is 12.6. The standard InChI is InChI=1S/C15H18O2Se/c16-13-9-11-5-4-8-15(17,10-11)14(13)18-12-6-2-1-3-7-12/h1-3,6-7,11,14,17H,4-5,8-10H2/t11-,14-,15+/m1/s1. The monoisotopic (exact) mass is 310 g/mol. The Balaban J connectivity index is 1.83. The van der Waals surface area contributed by atoms with Crippen molar-refractivity contribution in [3.8, 4) is 0 Å². The number of ketones is 1. The average molecular weight is 309 g/mol. The minimum atomic E-state index is -0.700. The quantitative estimate of drug-likeness (QED) is 0.844. The molecule has 0 saturated heterocycles. The van der Waals surface area contributed by atoms with Gasteiger partial charge in [-0.3, -0.25) is 0 Å². The topological polar surface area (TPSA) is 37.3 Å². The van der Waals surface area contributed by atoms with Crippen LogP contribution in [0.1, 0.15) is 32.1 Å². The second-order valence-corrected chi connectivity index (χ2v) is 8.02. The molecule has 0 spiro atoms. The summed E-state index contributed by atoms with van der Waals surface area (Å²) in [7, 11) is 0. The second kappa shape index (κ2) is 4.80. The summed E-state index contributed by atoms with van der Waals surface area (Å²) >= 11 is 0.0649. The number of carbonyl (C=O) groups is 1. The molecule has 0 amide bonds. The van der Waals surface area contributed by atoms with Gasteiger partial charge in [0.15, 0.2) is 0 Å². The molecule has 2 aliphatic carbocycles. The summed E-state index contributed by atoms with van der Waals surface area (Å²) in [4.78, 5) is 12.2. The van der Waals surface area contributed by atoms with Gasteiger partial charge in [0, 0.05) is 0 Å². The van der Waals surface area contributed by atoms with E-state index in [1.807, 2.05) is 18.2 Å². The number of benzene rings is 1. The molecular weight excluding hydrogens is 291 g/mol. The van der Waals surface area contributed by atoms with Crippen molar-refractivity contribution < 1.29 is 9.90 Å². The molecule has 0 heterocycles. The molecule has 0 unspecified atom stereocenters. The summed E-state index contributed by atoms with van der Waals surface area (Å²) in [5.41, 5.74) is -0.700. The van der Waals surface area contributed by atoms with Gasteiger partial charge in [-0.15, -0.1) is 0 Å². The van der Waals surface area contributed by atoms with E-state index in [4.69, 9.17) is 0 Å². The Morgan fingerprint density at radius 3 is 2.83 bits per heavy atom. The van der Waals surface area contributed by atoms with Crippen LogP contribution in [0, 0.1) is 5.92 Å². The van der Waals surface area contributed by atoms with Crippen LogP contribution in [0.4, 0.5) is 0 Å². The minimum absolute atomic E-state index is 0.0649. The van der Waals surface area contributed by atoms with Crippen molar-refractivity contribution in [3.05, 3.63) is 30.3 Å². The number of hydrogen-bond acceptors (Lipinski definition) is 2. The normalized spacial score (nSPS) is 35.5. The number of hydrogen-bond donors (Lipinski definition) is 1. The molecule has 1 aromatic carbocycles. The third-order valence-corrected chi connectivity index (χ3v) is 7.24. The van der Waals surface area contributed by atoms with Crippen molar-refractivity contribution in [1.29, 1.82) is 0 Å². The Morgan fingerprint density at radius 2 is 2.06 bits per heavy atom. The molecule has 1 aromatic rings. The predicted molar refractivity (Wildman–Crippen MR) is 72.1 cm³/mol. The molecule has 3 atom stereocenters. The van der Waals surface area contributed by atoms with E-state index >= 15 is 0 Å². The predicted octanol–water partition coefficient (Wildman–Crippen LogP) is 1.70. The molecule has 2 aliphatic rings. The first-order valence-electron chi connectivity index (χ1n) is 6.64. The maximum absolute atomic E-state index is 12.3. The molecule has 18 heavy (non-hydrogen) atoms. The summed E-state index contributed by atoms with van der Waals surface area (Å²) in [6, 6.07) is 10.2. The van der Waals surface area contributed by atoms with Crippen molar-refractivity contribution in [2.24, 2.45) is 5.92 Å². The molecule has 2 nitrogen and oxygen atoms in total. The van der Waals surface area contributed by atoms with Crippen molar-refractivity contribution in [2.75, 3.05) is 0 Å². The van der Waals surface area contributed by atoms with Crippen LogP contribution in [0.25, 0.3) is 0 Å². The zero-order valence-electron chi connectivity index (χ0n) is 10.3. The first-order valence-corrected chi connectivity index (χ1v) is 8.49. The van der Waals surface area contributed by atoms with E-state index in [0.717, 1.165) is 25.7 Å². The van der Waals surface area contributed by atoms with Crippen LogP contribution in [0.5, 0.6) is 0 Å². The van der Waals surface area contributed by atoms with Crippen LogP contribution < -0.4 is 4.46 Å². The molecular formula is C15H18O2Se. The fraction of sp³-hybridized carbons (Fsp3) is 0.533. The second-order valence-electron chi connectivity index (χ2n) is 5.55. The number of aliphatic hydroxyl groups is 1. The molecule has 96 valence electrons. The van der Waals surface area contributed by atoms with Gasteiger partial charge in [0.25, 0.3) is 0 Å². The van der Waals surface area contributed by atoms with E-state index in [1.165, 1.54) is 4.46 Å². The Hall–Kier alpha value is -0.631. The summed E-state index contributed by atoms with van der Waals surface area (Å²) in [6.07, 6.45) is 4.56. The van der Waals surface area contributed by atoms with Crippen LogP contribution in [-0.2, 0) is 4.79 Å². The third kappa shape index (κ3) is 2.27. The van der Waals surface area contributed by atoms with E-state index in [0.29, 0.717) is 18.1 Å². The molecule has 0 aliphatic heterocycles. The zero-order valence-corrected chi connectivity index (χ0v) is 12.1. The SMILES string of the molecule is O=C1C[C@H]2CCC[C@](O)(C2)[C@@H]1[Se]c1ccccc1. The number of Topliss-reactive ketones (excluding diaryl/α,β-unsaturated/α-hetero) is 1. The first kappa shape index (κ1) is 12.4. The van der Waals surface area contributed by atoms with Crippen molar-refractivity contribution in [2.45, 2.75) is 42.5 Å². The first-order chi connectivity index (χ1) is 8.67. The Kier molecular flexibility index (Phi) is 3.31. The third-order valence-electron chi connectivity index (χ3n) is 4.13. The summed E-state index contributed by atoms with van der Waals surface area (Å²) < 4.78 is 1.22. The molecule has 3 rings (SSSR count). The van der Waals surface area contributed by atoms with Crippen LogP contribution in [-0.4, -0.2) is 31.4 Å². The molecule has 1 N–H and O–H groups in total. The summed E-state index contributed by atoms with van der Waals surface area (Å²) in [5, 5.41) is 10.8. The van der Waals surface area contributed by atoms with Crippen LogP contribution in [0.2, 0.25) is 4.82 Å². The van der Waals surface area contributed by atoms with Gasteiger partial charge in [-0.2, -0.15) is 0 Å². The van der Waals surface area contributed by atoms with Gasteiger partial charge in [0.05, 0.1) is 0 Å². The Labute approximate surface area is 114 Å². The van der Waals surface area contributed by atoms with E-state index in [9.17, 15) is 9.90 Å². The van der Waals surface area contributed by atoms with Crippen molar-refractivity contribution >= 4 is 25.2 Å². The average Bonchev–Trinajstić information content (AvgIpc) is 2.36. The fourth-order valence-electron chi connectivity index (χ4n) is 3.32. The number of rotatable bonds is 2. The Morgan fingerprint density at radius 1 is 1.28 bits per heavy atom. The molecule has 2 bridgehead atoms. The van der Waals surface area contributed by atoms with E-state index < -0.39 is 5.60 Å². The molecule has 3 heteroatoms. The van der Waals surface area contributed by atoms with Crippen molar-refractivity contribution in [1.82, 2.24) is 0 Å². The fourth-order valence-corrected chi connectivity index (χ4v) is 5.93. The summed E-state index contributed by atoms with van der Waals surface area (Å²) in [5.74, 6) is 0.747. The number of fused-ring (bicyclic) bond motifs is 2. The van der Waals surface area contributed by atoms with E-state index in [-0.39, 0.29) is 19.8 Å². The Bertz CT molecular complexity index is 445. The van der Waals surface area contributed by atoms with Crippen LogP contribution >= 0.6 is 0 Å². The van der Waals surface area contributed by atoms with Gasteiger partial charge in [-0.25, -0.2) is 0 Å². The molecule has 2 fully saturated rings. The van der Waals surface area contributed by atoms with E-state index in [1.54, 1.807) is 0 Å². The van der Waals surface area contributed by atoms with Gasteiger partial charge < -0.3 is 0 Å².